The monoisotopic (exact) mass is 220 g/mol. The second-order valence-corrected chi connectivity index (χ2v) is 3.46. The van der Waals surface area contributed by atoms with Crippen molar-refractivity contribution in [2.75, 3.05) is 6.61 Å². The van der Waals surface area contributed by atoms with E-state index >= 15 is 0 Å². The number of ketones is 1. The zero-order chi connectivity index (χ0) is 12.0. The maximum atomic E-state index is 11.8. The molecular weight excluding hydrogens is 204 g/mol. The molecular formula is C13H16O3. The Kier molecular flexibility index (Phi) is 4.70. The Morgan fingerprint density at radius 3 is 2.31 bits per heavy atom. The number of hydrogen-bond donors (Lipinski definition) is 0. The summed E-state index contributed by atoms with van der Waals surface area (Å²) in [6.07, 6.45) is 0.599. The molecule has 0 spiro atoms. The van der Waals surface area contributed by atoms with Crippen molar-refractivity contribution in [3.8, 4) is 0 Å². The van der Waals surface area contributed by atoms with Crippen molar-refractivity contribution in [2.45, 2.75) is 26.2 Å². The van der Waals surface area contributed by atoms with Crippen LogP contribution in [0.3, 0.4) is 0 Å². The van der Waals surface area contributed by atoms with E-state index in [1.54, 1.807) is 6.92 Å². The fourth-order valence-corrected chi connectivity index (χ4v) is 1.60. The van der Waals surface area contributed by atoms with E-state index in [2.05, 4.69) is 0 Å². The van der Waals surface area contributed by atoms with Gasteiger partial charge in [0.1, 0.15) is 0 Å². The average molecular weight is 220 g/mol. The van der Waals surface area contributed by atoms with Gasteiger partial charge in [0.15, 0.2) is 0 Å². The highest BCUT2D eigenvalue weighted by Gasteiger charge is 2.26. The Morgan fingerprint density at radius 1 is 1.19 bits per heavy atom. The molecule has 0 aliphatic carbocycles. The van der Waals surface area contributed by atoms with Gasteiger partial charge in [-0.15, -0.1) is 0 Å². The third-order valence-corrected chi connectivity index (χ3v) is 2.40. The van der Waals surface area contributed by atoms with Crippen LogP contribution in [0.1, 0.15) is 31.7 Å². The van der Waals surface area contributed by atoms with Crippen molar-refractivity contribution in [1.82, 2.24) is 0 Å². The lowest BCUT2D eigenvalue weighted by molar-refractivity contribution is -0.154. The highest BCUT2D eigenvalue weighted by Crippen LogP contribution is 2.20. The van der Waals surface area contributed by atoms with Crippen LogP contribution < -0.4 is 0 Å². The van der Waals surface area contributed by atoms with E-state index in [4.69, 9.17) is 4.74 Å². The standard InChI is InChI=1S/C13H16O3/c1-3-11(10-8-6-5-7-9-10)12(14)13(15)16-4-2/h5-9,11H,3-4H2,1-2H3. The number of hydrogen-bond acceptors (Lipinski definition) is 3. The quantitative estimate of drug-likeness (QED) is 0.565. The van der Waals surface area contributed by atoms with Crippen LogP contribution in [0.25, 0.3) is 0 Å². The third kappa shape index (κ3) is 2.92. The van der Waals surface area contributed by atoms with Gasteiger partial charge in [0.05, 0.1) is 12.5 Å². The summed E-state index contributed by atoms with van der Waals surface area (Å²) in [5, 5.41) is 0. The first kappa shape index (κ1) is 12.4. The summed E-state index contributed by atoms with van der Waals surface area (Å²) in [4.78, 5) is 23.1. The zero-order valence-electron chi connectivity index (χ0n) is 9.60. The Morgan fingerprint density at radius 2 is 1.81 bits per heavy atom. The molecule has 0 bridgehead atoms. The largest absolute Gasteiger partial charge is 0.460 e. The Hall–Kier alpha value is -1.64. The van der Waals surface area contributed by atoms with Crippen molar-refractivity contribution in [3.63, 3.8) is 0 Å². The summed E-state index contributed by atoms with van der Waals surface area (Å²) >= 11 is 0. The van der Waals surface area contributed by atoms with Gasteiger partial charge in [-0.25, -0.2) is 4.79 Å². The predicted octanol–water partition coefficient (Wildman–Crippen LogP) is 2.31. The van der Waals surface area contributed by atoms with Gasteiger partial charge in [-0.1, -0.05) is 37.3 Å². The SMILES string of the molecule is CCOC(=O)C(=O)C(CC)c1ccccc1. The molecule has 86 valence electrons. The van der Waals surface area contributed by atoms with Gasteiger partial charge >= 0.3 is 5.97 Å². The van der Waals surface area contributed by atoms with E-state index in [9.17, 15) is 9.59 Å². The van der Waals surface area contributed by atoms with Crippen LogP contribution in [0.2, 0.25) is 0 Å². The number of carbonyl (C=O) groups is 2. The topological polar surface area (TPSA) is 43.4 Å². The van der Waals surface area contributed by atoms with E-state index in [0.29, 0.717) is 6.42 Å². The van der Waals surface area contributed by atoms with Gasteiger partial charge in [-0.2, -0.15) is 0 Å². The minimum Gasteiger partial charge on any atom is -0.460 e. The van der Waals surface area contributed by atoms with Crippen LogP contribution in [0, 0.1) is 0 Å². The van der Waals surface area contributed by atoms with Crippen molar-refractivity contribution in [3.05, 3.63) is 35.9 Å². The minimum absolute atomic E-state index is 0.232. The molecule has 0 N–H and O–H groups in total. The minimum atomic E-state index is -0.738. The van der Waals surface area contributed by atoms with Gasteiger partial charge in [-0.05, 0) is 18.9 Å². The maximum Gasteiger partial charge on any atom is 0.375 e. The van der Waals surface area contributed by atoms with E-state index in [0.717, 1.165) is 5.56 Å². The van der Waals surface area contributed by atoms with Gasteiger partial charge < -0.3 is 4.74 Å². The highest BCUT2D eigenvalue weighted by atomic mass is 16.5. The number of Topliss-reactive ketones (excluding diaryl/α,β-unsaturated/α-hetero) is 1. The molecule has 0 amide bonds. The van der Waals surface area contributed by atoms with E-state index in [1.165, 1.54) is 0 Å². The molecule has 0 radical (unpaired) electrons. The van der Waals surface area contributed by atoms with Gasteiger partial charge in [0.25, 0.3) is 0 Å². The van der Waals surface area contributed by atoms with Crippen molar-refractivity contribution in [2.24, 2.45) is 0 Å². The van der Waals surface area contributed by atoms with E-state index in [1.807, 2.05) is 37.3 Å². The summed E-state index contributed by atoms with van der Waals surface area (Å²) in [6.45, 7) is 3.80. The average Bonchev–Trinajstić information content (AvgIpc) is 2.31. The van der Waals surface area contributed by atoms with Crippen molar-refractivity contribution in [1.29, 1.82) is 0 Å². The molecule has 0 aliphatic heterocycles. The van der Waals surface area contributed by atoms with Crippen molar-refractivity contribution < 1.29 is 14.3 Å². The second kappa shape index (κ2) is 6.05. The summed E-state index contributed by atoms with van der Waals surface area (Å²) in [5.74, 6) is -1.59. The molecule has 0 heterocycles. The molecule has 3 heteroatoms. The number of esters is 1. The van der Waals surface area contributed by atoms with Gasteiger partial charge in [0.2, 0.25) is 5.78 Å². The Bertz CT molecular complexity index is 357. The molecule has 0 saturated heterocycles. The Balaban J connectivity index is 2.83. The number of ether oxygens (including phenoxy) is 1. The normalized spacial score (nSPS) is 11.9. The lowest BCUT2D eigenvalue weighted by atomic mass is 9.92. The fraction of sp³-hybridized carbons (Fsp3) is 0.385. The molecule has 1 aromatic carbocycles. The molecule has 0 aliphatic rings. The summed E-state index contributed by atoms with van der Waals surface area (Å²) < 4.78 is 4.72. The maximum absolute atomic E-state index is 11.8. The zero-order valence-corrected chi connectivity index (χ0v) is 9.60. The first-order valence-corrected chi connectivity index (χ1v) is 5.46. The molecule has 0 aromatic heterocycles. The van der Waals surface area contributed by atoms with Crippen LogP contribution in [0.5, 0.6) is 0 Å². The first-order valence-electron chi connectivity index (χ1n) is 5.46. The molecule has 1 rings (SSSR count). The first-order chi connectivity index (χ1) is 7.70. The molecule has 3 nitrogen and oxygen atoms in total. The summed E-state index contributed by atoms with van der Waals surface area (Å²) in [5.41, 5.74) is 0.864. The molecule has 16 heavy (non-hydrogen) atoms. The van der Waals surface area contributed by atoms with Crippen LogP contribution in [-0.4, -0.2) is 18.4 Å². The van der Waals surface area contributed by atoms with Crippen molar-refractivity contribution >= 4 is 11.8 Å². The summed E-state index contributed by atoms with van der Waals surface area (Å²) in [7, 11) is 0. The fourth-order valence-electron chi connectivity index (χ4n) is 1.60. The van der Waals surface area contributed by atoms with Crippen LogP contribution >= 0.6 is 0 Å². The predicted molar refractivity (Wildman–Crippen MR) is 61.1 cm³/mol. The number of carbonyl (C=O) groups excluding carboxylic acids is 2. The number of rotatable bonds is 5. The van der Waals surface area contributed by atoms with E-state index in [-0.39, 0.29) is 12.5 Å². The Labute approximate surface area is 95.4 Å². The van der Waals surface area contributed by atoms with E-state index < -0.39 is 11.8 Å². The van der Waals surface area contributed by atoms with Gasteiger partial charge in [-0.3, -0.25) is 4.79 Å². The molecule has 1 unspecified atom stereocenters. The molecule has 1 aromatic rings. The molecule has 0 saturated carbocycles. The van der Waals surface area contributed by atoms with Crippen LogP contribution in [0.4, 0.5) is 0 Å². The summed E-state index contributed by atoms with van der Waals surface area (Å²) in [6, 6.07) is 9.30. The lowest BCUT2D eigenvalue weighted by Crippen LogP contribution is -2.24. The third-order valence-electron chi connectivity index (χ3n) is 2.40. The smallest absolute Gasteiger partial charge is 0.375 e. The lowest BCUT2D eigenvalue weighted by Gasteiger charge is -2.12. The highest BCUT2D eigenvalue weighted by molar-refractivity contribution is 6.35. The van der Waals surface area contributed by atoms with Gasteiger partial charge in [0, 0.05) is 0 Å². The van der Waals surface area contributed by atoms with Crippen LogP contribution in [0.15, 0.2) is 30.3 Å². The van der Waals surface area contributed by atoms with Crippen LogP contribution in [-0.2, 0) is 14.3 Å². The number of benzene rings is 1. The second-order valence-electron chi connectivity index (χ2n) is 3.46. The molecule has 0 fully saturated rings. The molecule has 1 atom stereocenters.